The number of hydrogen-bond donors (Lipinski definition) is 1. The van der Waals surface area contributed by atoms with Crippen LogP contribution >= 0.6 is 11.6 Å². The van der Waals surface area contributed by atoms with Crippen LogP contribution in [0, 0.1) is 12.7 Å². The highest BCUT2D eigenvalue weighted by Gasteiger charge is 2.19. The minimum atomic E-state index is -0.605. The van der Waals surface area contributed by atoms with Gasteiger partial charge in [0.2, 0.25) is 0 Å². The number of carbonyl (C=O) groups is 2. The summed E-state index contributed by atoms with van der Waals surface area (Å²) in [6.07, 6.45) is 0.667. The van der Waals surface area contributed by atoms with Crippen molar-refractivity contribution in [1.29, 1.82) is 0 Å². The molecule has 0 aliphatic heterocycles. The summed E-state index contributed by atoms with van der Waals surface area (Å²) in [5.41, 5.74) is 2.86. The summed E-state index contributed by atoms with van der Waals surface area (Å²) in [5, 5.41) is 3.22. The first kappa shape index (κ1) is 19.8. The van der Waals surface area contributed by atoms with Gasteiger partial charge in [0.25, 0.3) is 5.91 Å². The van der Waals surface area contributed by atoms with E-state index in [1.807, 2.05) is 32.0 Å². The van der Waals surface area contributed by atoms with Crippen LogP contribution in [0.5, 0.6) is 0 Å². The fourth-order valence-electron chi connectivity index (χ4n) is 2.95. The standard InChI is InChI=1S/C21H18ClFN2O3/c1-3-16-12(2)20(14-6-4-5-7-17(14)24-16)21(27)28-11-19(26)25-18-9-8-13(23)10-15(18)22/h4-10H,3,11H2,1-2H3,(H,25,26). The van der Waals surface area contributed by atoms with Gasteiger partial charge in [-0.3, -0.25) is 9.78 Å². The fourth-order valence-corrected chi connectivity index (χ4v) is 3.16. The van der Waals surface area contributed by atoms with E-state index in [1.165, 1.54) is 12.1 Å². The maximum Gasteiger partial charge on any atom is 0.339 e. The van der Waals surface area contributed by atoms with Crippen molar-refractivity contribution < 1.29 is 18.7 Å². The van der Waals surface area contributed by atoms with Gasteiger partial charge in [0.15, 0.2) is 6.61 Å². The monoisotopic (exact) mass is 400 g/mol. The highest BCUT2D eigenvalue weighted by atomic mass is 35.5. The number of nitrogens with zero attached hydrogens (tertiary/aromatic N) is 1. The highest BCUT2D eigenvalue weighted by molar-refractivity contribution is 6.33. The minimum Gasteiger partial charge on any atom is -0.452 e. The molecule has 0 spiro atoms. The number of carbonyl (C=O) groups excluding carboxylic acids is 2. The van der Waals surface area contributed by atoms with Crippen molar-refractivity contribution in [1.82, 2.24) is 4.98 Å². The van der Waals surface area contributed by atoms with Crippen molar-refractivity contribution in [3.05, 3.63) is 70.1 Å². The number of para-hydroxylation sites is 1. The zero-order chi connectivity index (χ0) is 20.3. The van der Waals surface area contributed by atoms with Gasteiger partial charge in [0, 0.05) is 11.1 Å². The molecule has 0 radical (unpaired) electrons. The van der Waals surface area contributed by atoms with Gasteiger partial charge in [0.1, 0.15) is 5.82 Å². The van der Waals surface area contributed by atoms with E-state index < -0.39 is 24.3 Å². The smallest absolute Gasteiger partial charge is 0.339 e. The van der Waals surface area contributed by atoms with E-state index in [4.69, 9.17) is 16.3 Å². The number of pyridine rings is 1. The molecular formula is C21H18ClFN2O3. The van der Waals surface area contributed by atoms with Crippen LogP contribution in [-0.4, -0.2) is 23.5 Å². The molecule has 3 rings (SSSR count). The molecular weight excluding hydrogens is 383 g/mol. The van der Waals surface area contributed by atoms with Crippen LogP contribution < -0.4 is 5.32 Å². The third-order valence-corrected chi connectivity index (χ3v) is 4.63. The number of hydrogen-bond acceptors (Lipinski definition) is 4. The SMILES string of the molecule is CCc1nc2ccccc2c(C(=O)OCC(=O)Nc2ccc(F)cc2Cl)c1C. The van der Waals surface area contributed by atoms with Crippen molar-refractivity contribution in [3.8, 4) is 0 Å². The summed E-state index contributed by atoms with van der Waals surface area (Å²) < 4.78 is 18.3. The minimum absolute atomic E-state index is 0.0586. The molecule has 1 N–H and O–H groups in total. The Morgan fingerprint density at radius 2 is 1.96 bits per heavy atom. The number of fused-ring (bicyclic) bond motifs is 1. The predicted octanol–water partition coefficient (Wildman–Crippen LogP) is 4.69. The molecule has 3 aromatic rings. The summed E-state index contributed by atoms with van der Waals surface area (Å²) in [7, 11) is 0. The van der Waals surface area contributed by atoms with Crippen LogP contribution in [0.3, 0.4) is 0 Å². The van der Waals surface area contributed by atoms with Crippen molar-refractivity contribution in [2.45, 2.75) is 20.3 Å². The van der Waals surface area contributed by atoms with E-state index in [-0.39, 0.29) is 10.7 Å². The fraction of sp³-hybridized carbons (Fsp3) is 0.190. The number of amides is 1. The Labute approximate surface area is 166 Å². The van der Waals surface area contributed by atoms with Crippen molar-refractivity contribution in [3.63, 3.8) is 0 Å². The van der Waals surface area contributed by atoms with Gasteiger partial charge in [-0.2, -0.15) is 0 Å². The van der Waals surface area contributed by atoms with Crippen LogP contribution in [0.2, 0.25) is 5.02 Å². The maximum atomic E-state index is 13.1. The molecule has 0 atom stereocenters. The molecule has 1 heterocycles. The molecule has 0 fully saturated rings. The third kappa shape index (κ3) is 4.12. The number of anilines is 1. The molecule has 2 aromatic carbocycles. The average Bonchev–Trinajstić information content (AvgIpc) is 2.68. The van der Waals surface area contributed by atoms with Gasteiger partial charge in [-0.25, -0.2) is 9.18 Å². The molecule has 0 unspecified atom stereocenters. The molecule has 144 valence electrons. The van der Waals surface area contributed by atoms with Gasteiger partial charge < -0.3 is 10.1 Å². The molecule has 5 nitrogen and oxygen atoms in total. The molecule has 0 saturated heterocycles. The molecule has 0 bridgehead atoms. The Morgan fingerprint density at radius 1 is 1.21 bits per heavy atom. The largest absolute Gasteiger partial charge is 0.452 e. The summed E-state index contributed by atoms with van der Waals surface area (Å²) >= 11 is 5.88. The quantitative estimate of drug-likeness (QED) is 0.630. The first-order valence-corrected chi connectivity index (χ1v) is 9.08. The Balaban J connectivity index is 1.78. The van der Waals surface area contributed by atoms with E-state index in [9.17, 15) is 14.0 Å². The van der Waals surface area contributed by atoms with Crippen LogP contribution in [0.15, 0.2) is 42.5 Å². The lowest BCUT2D eigenvalue weighted by Crippen LogP contribution is -2.22. The number of halogens is 2. The molecule has 0 aliphatic rings. The third-order valence-electron chi connectivity index (χ3n) is 4.32. The van der Waals surface area contributed by atoms with E-state index in [0.29, 0.717) is 22.9 Å². The van der Waals surface area contributed by atoms with Crippen molar-refractivity contribution in [2.75, 3.05) is 11.9 Å². The van der Waals surface area contributed by atoms with Crippen LogP contribution in [0.1, 0.15) is 28.5 Å². The number of ether oxygens (including phenoxy) is 1. The second-order valence-corrected chi connectivity index (χ2v) is 6.58. The topological polar surface area (TPSA) is 68.3 Å². The summed E-state index contributed by atoms with van der Waals surface area (Å²) in [5.74, 6) is -1.69. The lowest BCUT2D eigenvalue weighted by atomic mass is 10.0. The van der Waals surface area contributed by atoms with Gasteiger partial charge in [-0.1, -0.05) is 36.7 Å². The first-order valence-electron chi connectivity index (χ1n) is 8.71. The summed E-state index contributed by atoms with van der Waals surface area (Å²) in [6, 6.07) is 10.9. The first-order chi connectivity index (χ1) is 13.4. The van der Waals surface area contributed by atoms with Gasteiger partial charge in [0.05, 0.1) is 21.8 Å². The summed E-state index contributed by atoms with van der Waals surface area (Å²) in [6.45, 7) is 3.27. The Bertz CT molecular complexity index is 1070. The second-order valence-electron chi connectivity index (χ2n) is 6.18. The van der Waals surface area contributed by atoms with Gasteiger partial charge in [-0.15, -0.1) is 0 Å². The lowest BCUT2D eigenvalue weighted by molar-refractivity contribution is -0.119. The van der Waals surface area contributed by atoms with E-state index in [1.54, 1.807) is 6.07 Å². The number of aryl methyl sites for hydroxylation is 1. The molecule has 28 heavy (non-hydrogen) atoms. The molecule has 7 heteroatoms. The molecule has 1 aromatic heterocycles. The van der Waals surface area contributed by atoms with Crippen molar-refractivity contribution >= 4 is 40.1 Å². The Morgan fingerprint density at radius 3 is 2.68 bits per heavy atom. The number of nitrogens with one attached hydrogen (secondary N) is 1. The average molecular weight is 401 g/mol. The van der Waals surface area contributed by atoms with Crippen molar-refractivity contribution in [2.24, 2.45) is 0 Å². The second kappa shape index (κ2) is 8.35. The van der Waals surface area contributed by atoms with E-state index in [2.05, 4.69) is 10.3 Å². The zero-order valence-electron chi connectivity index (χ0n) is 15.4. The number of aromatic nitrogens is 1. The highest BCUT2D eigenvalue weighted by Crippen LogP contribution is 2.25. The van der Waals surface area contributed by atoms with Crippen LogP contribution in [0.25, 0.3) is 10.9 Å². The van der Waals surface area contributed by atoms with Gasteiger partial charge in [-0.05, 0) is 43.2 Å². The number of rotatable bonds is 5. The zero-order valence-corrected chi connectivity index (χ0v) is 16.1. The Kier molecular flexibility index (Phi) is 5.90. The van der Waals surface area contributed by atoms with Crippen LogP contribution in [0.4, 0.5) is 10.1 Å². The van der Waals surface area contributed by atoms with Crippen LogP contribution in [-0.2, 0) is 16.0 Å². The van der Waals surface area contributed by atoms with E-state index >= 15 is 0 Å². The molecule has 1 amide bonds. The summed E-state index contributed by atoms with van der Waals surface area (Å²) in [4.78, 5) is 29.4. The maximum absolute atomic E-state index is 13.1. The normalized spacial score (nSPS) is 10.7. The number of esters is 1. The molecule has 0 saturated carbocycles. The molecule has 0 aliphatic carbocycles. The predicted molar refractivity (Wildman–Crippen MR) is 106 cm³/mol. The number of benzene rings is 2. The lowest BCUT2D eigenvalue weighted by Gasteiger charge is -2.13. The van der Waals surface area contributed by atoms with Gasteiger partial charge >= 0.3 is 5.97 Å². The Hall–Kier alpha value is -2.99. The van der Waals surface area contributed by atoms with E-state index in [0.717, 1.165) is 17.3 Å².